The van der Waals surface area contributed by atoms with E-state index in [1.165, 1.54) is 0 Å². The van der Waals surface area contributed by atoms with Gasteiger partial charge in [-0.15, -0.1) is 0 Å². The van der Waals surface area contributed by atoms with Gasteiger partial charge in [0.15, 0.2) is 0 Å². The third kappa shape index (κ3) is 2.97. The van der Waals surface area contributed by atoms with Crippen molar-refractivity contribution in [1.29, 1.82) is 0 Å². The lowest BCUT2D eigenvalue weighted by Crippen LogP contribution is -1.90. The maximum atomic E-state index is 6.01. The van der Waals surface area contributed by atoms with Crippen LogP contribution in [0.3, 0.4) is 0 Å². The van der Waals surface area contributed by atoms with Crippen LogP contribution in [0.5, 0.6) is 0 Å². The molecule has 0 spiro atoms. The molecule has 0 N–H and O–H groups in total. The molecule has 0 bridgehead atoms. The lowest BCUT2D eigenvalue weighted by Gasteiger charge is -2.12. The molecule has 2 aromatic rings. The summed E-state index contributed by atoms with van der Waals surface area (Å²) in [5.74, 6) is 0. The normalized spacial score (nSPS) is 10.9. The Morgan fingerprint density at radius 1 is 1.00 bits per heavy atom. The zero-order valence-corrected chi connectivity index (χ0v) is 12.5. The van der Waals surface area contributed by atoms with Gasteiger partial charge in [-0.3, -0.25) is 0 Å². The van der Waals surface area contributed by atoms with E-state index < -0.39 is 4.84 Å². The Bertz CT molecular complexity index is 538. The molecule has 0 nitrogen and oxygen atoms in total. The molecule has 2 aromatic carbocycles. The number of rotatable bonds is 2. The zero-order chi connectivity index (χ0) is 12.4. The van der Waals surface area contributed by atoms with Crippen LogP contribution in [-0.2, 0) is 0 Å². The first-order valence-corrected chi connectivity index (χ1v) is 6.96. The second kappa shape index (κ2) is 5.62. The molecule has 0 saturated heterocycles. The second-order valence-corrected chi connectivity index (χ2v) is 5.90. The molecule has 0 unspecified atom stereocenters. The summed E-state index contributed by atoms with van der Waals surface area (Å²) in [6, 6.07) is 13.4. The van der Waals surface area contributed by atoms with Gasteiger partial charge in [-0.25, -0.2) is 0 Å². The maximum Gasteiger partial charge on any atom is 0.134 e. The standard InChI is InChI=1S/C13H8BrCl3/c14-11-6-2-5-10(12(11)13(16)17)8-3-1-4-9(15)7-8/h1-7,13H. The van der Waals surface area contributed by atoms with Gasteiger partial charge in [0.25, 0.3) is 0 Å². The second-order valence-electron chi connectivity index (χ2n) is 3.51. The molecular formula is C13H8BrCl3. The average Bonchev–Trinajstić information content (AvgIpc) is 2.28. The molecule has 0 aliphatic carbocycles. The molecule has 0 fully saturated rings. The molecule has 88 valence electrons. The minimum Gasteiger partial charge on any atom is -0.1000 e. The quantitative estimate of drug-likeness (QED) is 0.562. The highest BCUT2D eigenvalue weighted by atomic mass is 79.9. The maximum absolute atomic E-state index is 6.01. The number of hydrogen-bond acceptors (Lipinski definition) is 0. The van der Waals surface area contributed by atoms with E-state index in [-0.39, 0.29) is 0 Å². The molecule has 0 saturated carbocycles. The van der Waals surface area contributed by atoms with Crippen LogP contribution < -0.4 is 0 Å². The van der Waals surface area contributed by atoms with E-state index in [0.29, 0.717) is 5.02 Å². The summed E-state index contributed by atoms with van der Waals surface area (Å²) >= 11 is 21.5. The third-order valence-electron chi connectivity index (χ3n) is 2.41. The topological polar surface area (TPSA) is 0 Å². The van der Waals surface area contributed by atoms with Crippen molar-refractivity contribution in [2.45, 2.75) is 4.84 Å². The Balaban J connectivity index is 2.63. The lowest BCUT2D eigenvalue weighted by molar-refractivity contribution is 1.32. The van der Waals surface area contributed by atoms with Crippen LogP contribution in [-0.4, -0.2) is 0 Å². The minimum atomic E-state index is -0.584. The molecule has 0 amide bonds. The summed E-state index contributed by atoms with van der Waals surface area (Å²) in [4.78, 5) is -0.584. The Morgan fingerprint density at radius 2 is 1.71 bits per heavy atom. The fraction of sp³-hybridized carbons (Fsp3) is 0.0769. The Morgan fingerprint density at radius 3 is 2.35 bits per heavy atom. The molecule has 0 radical (unpaired) electrons. The summed E-state index contributed by atoms with van der Waals surface area (Å²) in [6.07, 6.45) is 0. The van der Waals surface area contributed by atoms with Gasteiger partial charge < -0.3 is 0 Å². The molecular weight excluding hydrogens is 342 g/mol. The number of halogens is 4. The first-order valence-electron chi connectivity index (χ1n) is 4.92. The highest BCUT2D eigenvalue weighted by molar-refractivity contribution is 9.10. The van der Waals surface area contributed by atoms with E-state index in [9.17, 15) is 0 Å². The van der Waals surface area contributed by atoms with Crippen LogP contribution in [0.4, 0.5) is 0 Å². The van der Waals surface area contributed by atoms with Crippen LogP contribution in [0.15, 0.2) is 46.9 Å². The van der Waals surface area contributed by atoms with E-state index in [0.717, 1.165) is 21.2 Å². The molecule has 0 atom stereocenters. The van der Waals surface area contributed by atoms with Crippen molar-refractivity contribution in [3.63, 3.8) is 0 Å². The van der Waals surface area contributed by atoms with Crippen LogP contribution in [0.25, 0.3) is 11.1 Å². The molecule has 0 aliphatic rings. The Hall–Kier alpha value is -0.210. The van der Waals surface area contributed by atoms with Gasteiger partial charge in [0.1, 0.15) is 4.84 Å². The molecule has 2 rings (SSSR count). The Labute approximate surface area is 124 Å². The SMILES string of the molecule is Clc1cccc(-c2cccc(Br)c2C(Cl)Cl)c1. The van der Waals surface area contributed by atoms with Gasteiger partial charge in [-0.2, -0.15) is 0 Å². The van der Waals surface area contributed by atoms with E-state index in [1.807, 2.05) is 42.5 Å². The van der Waals surface area contributed by atoms with Crippen molar-refractivity contribution in [2.75, 3.05) is 0 Å². The van der Waals surface area contributed by atoms with Gasteiger partial charge in [-0.05, 0) is 29.3 Å². The van der Waals surface area contributed by atoms with E-state index >= 15 is 0 Å². The van der Waals surface area contributed by atoms with E-state index in [1.54, 1.807) is 0 Å². The summed E-state index contributed by atoms with van der Waals surface area (Å²) in [6.45, 7) is 0. The highest BCUT2D eigenvalue weighted by Crippen LogP contribution is 2.39. The molecule has 0 heterocycles. The Kier molecular flexibility index (Phi) is 4.37. The molecule has 17 heavy (non-hydrogen) atoms. The van der Waals surface area contributed by atoms with Crippen molar-refractivity contribution in [3.05, 3.63) is 57.5 Å². The van der Waals surface area contributed by atoms with Crippen LogP contribution >= 0.6 is 50.7 Å². The van der Waals surface area contributed by atoms with Gasteiger partial charge in [-0.1, -0.05) is 75.0 Å². The molecule has 0 aromatic heterocycles. The first-order chi connectivity index (χ1) is 8.09. The lowest BCUT2D eigenvalue weighted by atomic mass is 10.0. The number of benzene rings is 2. The van der Waals surface area contributed by atoms with E-state index in [4.69, 9.17) is 34.8 Å². The fourth-order valence-corrected chi connectivity index (χ4v) is 3.19. The average molecular weight is 350 g/mol. The van der Waals surface area contributed by atoms with Gasteiger partial charge in [0.05, 0.1) is 0 Å². The number of alkyl halides is 2. The minimum absolute atomic E-state index is 0.584. The predicted octanol–water partition coefficient (Wildman–Crippen LogP) is 6.25. The van der Waals surface area contributed by atoms with Gasteiger partial charge in [0.2, 0.25) is 0 Å². The fourth-order valence-electron chi connectivity index (χ4n) is 1.67. The van der Waals surface area contributed by atoms with Crippen molar-refractivity contribution >= 4 is 50.7 Å². The van der Waals surface area contributed by atoms with Crippen LogP contribution in [0, 0.1) is 0 Å². The summed E-state index contributed by atoms with van der Waals surface area (Å²) in [5, 5.41) is 0.689. The summed E-state index contributed by atoms with van der Waals surface area (Å²) in [7, 11) is 0. The van der Waals surface area contributed by atoms with Crippen molar-refractivity contribution in [2.24, 2.45) is 0 Å². The van der Waals surface area contributed by atoms with Gasteiger partial charge >= 0.3 is 0 Å². The number of hydrogen-bond donors (Lipinski definition) is 0. The monoisotopic (exact) mass is 348 g/mol. The summed E-state index contributed by atoms with van der Waals surface area (Å²) < 4.78 is 0.893. The largest absolute Gasteiger partial charge is 0.134 e. The van der Waals surface area contributed by atoms with Gasteiger partial charge in [0, 0.05) is 15.1 Å². The highest BCUT2D eigenvalue weighted by Gasteiger charge is 2.14. The van der Waals surface area contributed by atoms with Crippen LogP contribution in [0.2, 0.25) is 5.02 Å². The van der Waals surface area contributed by atoms with Crippen LogP contribution in [0.1, 0.15) is 10.4 Å². The zero-order valence-electron chi connectivity index (χ0n) is 8.63. The first kappa shape index (κ1) is 13.2. The van der Waals surface area contributed by atoms with Crippen molar-refractivity contribution in [3.8, 4) is 11.1 Å². The van der Waals surface area contributed by atoms with Crippen molar-refractivity contribution < 1.29 is 0 Å². The predicted molar refractivity (Wildman–Crippen MR) is 79.0 cm³/mol. The molecule has 4 heteroatoms. The molecule has 0 aliphatic heterocycles. The smallest absolute Gasteiger partial charge is 0.1000 e. The third-order valence-corrected chi connectivity index (χ3v) is 3.77. The van der Waals surface area contributed by atoms with Crippen molar-refractivity contribution in [1.82, 2.24) is 0 Å². The summed E-state index contributed by atoms with van der Waals surface area (Å²) in [5.41, 5.74) is 2.84. The van der Waals surface area contributed by atoms with E-state index in [2.05, 4.69) is 15.9 Å².